The Kier molecular flexibility index (Phi) is 3.78. The monoisotopic (exact) mass is 331 g/mol. The zero-order chi connectivity index (χ0) is 17.2. The molecule has 0 aliphatic carbocycles. The molecule has 0 aliphatic rings. The van der Waals surface area contributed by atoms with Gasteiger partial charge in [0.2, 0.25) is 0 Å². The number of carbonyl (C=O) groups excluding carboxylic acids is 1. The molecule has 0 saturated heterocycles. The van der Waals surface area contributed by atoms with E-state index in [2.05, 4.69) is 39.8 Å². The van der Waals surface area contributed by atoms with Gasteiger partial charge in [0.05, 0.1) is 6.54 Å². The van der Waals surface area contributed by atoms with Crippen molar-refractivity contribution < 1.29 is 4.79 Å². The van der Waals surface area contributed by atoms with Crippen molar-refractivity contribution in [3.63, 3.8) is 0 Å². The molecule has 1 amide bonds. The summed E-state index contributed by atoms with van der Waals surface area (Å²) >= 11 is 0. The Morgan fingerprint density at radius 1 is 1.00 bits per heavy atom. The first-order valence-corrected chi connectivity index (χ1v) is 8.00. The number of rotatable bonds is 4. The first-order valence-electron chi connectivity index (χ1n) is 8.00. The molecule has 2 aromatic carbocycles. The smallest absolute Gasteiger partial charge is 0.277 e. The van der Waals surface area contributed by atoms with Gasteiger partial charge in [-0.25, -0.2) is 0 Å². The minimum Gasteiger partial charge on any atom is -0.304 e. The molecule has 2 aromatic heterocycles. The summed E-state index contributed by atoms with van der Waals surface area (Å²) in [6.07, 6.45) is 3.59. The van der Waals surface area contributed by atoms with E-state index in [1.54, 1.807) is 30.1 Å². The summed E-state index contributed by atoms with van der Waals surface area (Å²) in [5.74, 6) is 0.243. The Morgan fingerprint density at radius 2 is 1.84 bits per heavy atom. The molecule has 0 atom stereocenters. The van der Waals surface area contributed by atoms with Gasteiger partial charge in [0, 0.05) is 25.5 Å². The molecule has 25 heavy (non-hydrogen) atoms. The lowest BCUT2D eigenvalue weighted by atomic mass is 10.0. The van der Waals surface area contributed by atoms with E-state index in [0.717, 1.165) is 0 Å². The average molecular weight is 331 g/mol. The van der Waals surface area contributed by atoms with E-state index in [-0.39, 0.29) is 5.91 Å². The molecule has 0 spiro atoms. The van der Waals surface area contributed by atoms with Crippen LogP contribution in [0.15, 0.2) is 67.0 Å². The summed E-state index contributed by atoms with van der Waals surface area (Å²) in [5.41, 5.74) is 1.55. The van der Waals surface area contributed by atoms with Crippen LogP contribution in [0.1, 0.15) is 16.1 Å². The summed E-state index contributed by atoms with van der Waals surface area (Å²) in [6, 6.07) is 18.0. The minimum atomic E-state index is -0.268. The lowest BCUT2D eigenvalue weighted by molar-refractivity contribution is 0.102. The number of aryl methyl sites for hydroxylation is 1. The molecular formula is C19H17N5O. The normalized spacial score (nSPS) is 10.9. The van der Waals surface area contributed by atoms with Gasteiger partial charge in [-0.1, -0.05) is 42.5 Å². The third kappa shape index (κ3) is 3.14. The van der Waals surface area contributed by atoms with Crippen molar-refractivity contribution in [3.8, 4) is 0 Å². The highest BCUT2D eigenvalue weighted by Crippen LogP contribution is 2.19. The first-order chi connectivity index (χ1) is 12.2. The maximum absolute atomic E-state index is 12.1. The van der Waals surface area contributed by atoms with Gasteiger partial charge >= 0.3 is 0 Å². The van der Waals surface area contributed by atoms with E-state index >= 15 is 0 Å². The van der Waals surface area contributed by atoms with Gasteiger partial charge in [-0.05, 0) is 22.4 Å². The van der Waals surface area contributed by atoms with Crippen LogP contribution in [0.2, 0.25) is 0 Å². The van der Waals surface area contributed by atoms with Crippen LogP contribution in [0.3, 0.4) is 0 Å². The van der Waals surface area contributed by atoms with Crippen molar-refractivity contribution in [1.29, 1.82) is 0 Å². The van der Waals surface area contributed by atoms with Crippen molar-refractivity contribution in [1.82, 2.24) is 19.6 Å². The molecule has 6 nitrogen and oxygen atoms in total. The predicted octanol–water partition coefficient (Wildman–Crippen LogP) is 3.07. The lowest BCUT2D eigenvalue weighted by Gasteiger charge is -2.06. The standard InChI is InChI=1S/C19H17N5O/c1-23-11-9-17(21-23)19(25)20-18-10-12-24(22-18)13-15-7-4-6-14-5-2-3-8-16(14)15/h2-12H,13H2,1H3,(H,20,22,25). The summed E-state index contributed by atoms with van der Waals surface area (Å²) in [5, 5.41) is 13.7. The van der Waals surface area contributed by atoms with Gasteiger partial charge in [-0.2, -0.15) is 10.2 Å². The average Bonchev–Trinajstić information content (AvgIpc) is 3.24. The van der Waals surface area contributed by atoms with Gasteiger partial charge in [0.15, 0.2) is 11.5 Å². The molecular weight excluding hydrogens is 314 g/mol. The lowest BCUT2D eigenvalue weighted by Crippen LogP contribution is -2.14. The van der Waals surface area contributed by atoms with E-state index in [1.165, 1.54) is 16.3 Å². The Morgan fingerprint density at radius 3 is 2.68 bits per heavy atom. The number of hydrogen-bond acceptors (Lipinski definition) is 3. The third-order valence-corrected chi connectivity index (χ3v) is 4.04. The maximum atomic E-state index is 12.1. The van der Waals surface area contributed by atoms with Crippen molar-refractivity contribution >= 4 is 22.5 Å². The predicted molar refractivity (Wildman–Crippen MR) is 96.4 cm³/mol. The summed E-state index contributed by atoms with van der Waals surface area (Å²) in [4.78, 5) is 12.1. The number of hydrogen-bond donors (Lipinski definition) is 1. The highest BCUT2D eigenvalue weighted by atomic mass is 16.2. The van der Waals surface area contributed by atoms with Crippen LogP contribution in [0.4, 0.5) is 5.82 Å². The fraction of sp³-hybridized carbons (Fsp3) is 0.105. The Balaban J connectivity index is 1.52. The van der Waals surface area contributed by atoms with E-state index in [0.29, 0.717) is 18.1 Å². The third-order valence-electron chi connectivity index (χ3n) is 4.04. The van der Waals surface area contributed by atoms with Crippen LogP contribution in [0.25, 0.3) is 10.8 Å². The molecule has 0 radical (unpaired) electrons. The van der Waals surface area contributed by atoms with Gasteiger partial charge in [0.25, 0.3) is 5.91 Å². The van der Waals surface area contributed by atoms with Crippen LogP contribution in [-0.2, 0) is 13.6 Å². The van der Waals surface area contributed by atoms with Crippen LogP contribution in [0, 0.1) is 0 Å². The molecule has 0 fully saturated rings. The van der Waals surface area contributed by atoms with E-state index in [4.69, 9.17) is 0 Å². The number of anilines is 1. The second kappa shape index (κ2) is 6.24. The molecule has 124 valence electrons. The fourth-order valence-electron chi connectivity index (χ4n) is 2.84. The molecule has 0 saturated carbocycles. The topological polar surface area (TPSA) is 64.7 Å². The number of carbonyl (C=O) groups is 1. The molecule has 0 unspecified atom stereocenters. The van der Waals surface area contributed by atoms with Crippen molar-refractivity contribution in [2.24, 2.45) is 7.05 Å². The van der Waals surface area contributed by atoms with Gasteiger partial charge in [-0.3, -0.25) is 14.2 Å². The van der Waals surface area contributed by atoms with Crippen LogP contribution >= 0.6 is 0 Å². The van der Waals surface area contributed by atoms with E-state index in [9.17, 15) is 4.79 Å². The van der Waals surface area contributed by atoms with Gasteiger partial charge < -0.3 is 5.32 Å². The zero-order valence-electron chi connectivity index (χ0n) is 13.8. The molecule has 0 aliphatic heterocycles. The van der Waals surface area contributed by atoms with Crippen LogP contribution < -0.4 is 5.32 Å². The SMILES string of the molecule is Cn1ccc(C(=O)Nc2ccn(Cc3cccc4ccccc34)n2)n1. The Labute approximate surface area is 144 Å². The fourth-order valence-corrected chi connectivity index (χ4v) is 2.84. The number of benzene rings is 2. The highest BCUT2D eigenvalue weighted by Gasteiger charge is 2.11. The van der Waals surface area contributed by atoms with E-state index in [1.807, 2.05) is 29.1 Å². The van der Waals surface area contributed by atoms with Crippen molar-refractivity contribution in [2.45, 2.75) is 6.54 Å². The number of aromatic nitrogens is 4. The highest BCUT2D eigenvalue weighted by molar-refractivity contribution is 6.02. The minimum absolute atomic E-state index is 0.268. The second-order valence-corrected chi connectivity index (χ2v) is 5.87. The number of nitrogens with zero attached hydrogens (tertiary/aromatic N) is 4. The second-order valence-electron chi connectivity index (χ2n) is 5.87. The summed E-state index contributed by atoms with van der Waals surface area (Å²) in [6.45, 7) is 0.640. The Hall–Kier alpha value is -3.41. The molecule has 1 N–H and O–H groups in total. The molecule has 0 bridgehead atoms. The quantitative estimate of drug-likeness (QED) is 0.625. The Bertz CT molecular complexity index is 1040. The van der Waals surface area contributed by atoms with Crippen molar-refractivity contribution in [2.75, 3.05) is 5.32 Å². The molecule has 6 heteroatoms. The van der Waals surface area contributed by atoms with Crippen molar-refractivity contribution in [3.05, 3.63) is 78.2 Å². The number of nitrogens with one attached hydrogen (secondary N) is 1. The van der Waals surface area contributed by atoms with Crippen LogP contribution in [0.5, 0.6) is 0 Å². The summed E-state index contributed by atoms with van der Waals surface area (Å²) in [7, 11) is 1.77. The summed E-state index contributed by atoms with van der Waals surface area (Å²) < 4.78 is 3.41. The first kappa shape index (κ1) is 15.1. The van der Waals surface area contributed by atoms with Gasteiger partial charge in [-0.15, -0.1) is 0 Å². The zero-order valence-corrected chi connectivity index (χ0v) is 13.8. The number of fused-ring (bicyclic) bond motifs is 1. The molecule has 2 heterocycles. The number of amides is 1. The molecule has 4 aromatic rings. The maximum Gasteiger partial charge on any atom is 0.277 e. The van der Waals surface area contributed by atoms with Gasteiger partial charge in [0.1, 0.15) is 0 Å². The van der Waals surface area contributed by atoms with Crippen LogP contribution in [-0.4, -0.2) is 25.5 Å². The molecule has 4 rings (SSSR count). The largest absolute Gasteiger partial charge is 0.304 e. The van der Waals surface area contributed by atoms with E-state index < -0.39 is 0 Å².